The number of piperidine rings is 1. The molecule has 5 nitrogen and oxygen atoms in total. The summed E-state index contributed by atoms with van der Waals surface area (Å²) in [5, 5.41) is 0. The second-order valence-electron chi connectivity index (χ2n) is 6.02. The van der Waals surface area contributed by atoms with E-state index in [9.17, 15) is 17.2 Å². The van der Waals surface area contributed by atoms with Gasteiger partial charge in [0.2, 0.25) is 10.0 Å². The van der Waals surface area contributed by atoms with E-state index in [4.69, 9.17) is 0 Å². The maximum atomic E-state index is 13.2. The summed E-state index contributed by atoms with van der Waals surface area (Å²) >= 11 is 0. The van der Waals surface area contributed by atoms with Crippen LogP contribution >= 0.6 is 0 Å². The normalized spacial score (nSPS) is 17.4. The minimum atomic E-state index is -3.63. The third-order valence-electron chi connectivity index (χ3n) is 4.22. The van der Waals surface area contributed by atoms with Crippen molar-refractivity contribution in [2.75, 3.05) is 18.0 Å². The van der Waals surface area contributed by atoms with Gasteiger partial charge in [-0.3, -0.25) is 4.98 Å². The Hall–Kier alpha value is -2.06. The Kier molecular flexibility index (Phi) is 5.01. The maximum Gasteiger partial charge on any atom is 0.251 e. The summed E-state index contributed by atoms with van der Waals surface area (Å²) in [7, 11) is -3.63. The first kappa shape index (κ1) is 17.8. The Morgan fingerprint density at radius 2 is 1.64 bits per heavy atom. The fraction of sp³-hybridized carbons (Fsp3) is 0.353. The highest BCUT2D eigenvalue weighted by Crippen LogP contribution is 2.30. The molecule has 1 fully saturated rings. The van der Waals surface area contributed by atoms with E-state index < -0.39 is 15.9 Å². The number of sulfonamides is 1. The van der Waals surface area contributed by atoms with Gasteiger partial charge in [0.15, 0.2) is 0 Å². The second-order valence-corrected chi connectivity index (χ2v) is 7.78. The molecular formula is C17H19F2N3O2S. The van der Waals surface area contributed by atoms with E-state index in [-0.39, 0.29) is 37.4 Å². The second kappa shape index (κ2) is 7.05. The van der Waals surface area contributed by atoms with E-state index in [1.807, 2.05) is 4.90 Å². The number of nitrogens with zero attached hydrogens (tertiary/aromatic N) is 2. The summed E-state index contributed by atoms with van der Waals surface area (Å²) in [6.45, 7) is 0.701. The van der Waals surface area contributed by atoms with Crippen molar-refractivity contribution in [3.8, 4) is 0 Å². The van der Waals surface area contributed by atoms with E-state index in [1.54, 1.807) is 36.7 Å². The summed E-state index contributed by atoms with van der Waals surface area (Å²) < 4.78 is 53.7. The summed E-state index contributed by atoms with van der Waals surface area (Å²) in [5.74, 6) is -2.60. The molecule has 0 atom stereocenters. The Balaban J connectivity index is 1.65. The molecule has 2 heterocycles. The van der Waals surface area contributed by atoms with Crippen LogP contribution in [0.3, 0.4) is 0 Å². The molecule has 0 saturated carbocycles. The predicted molar refractivity (Wildman–Crippen MR) is 91.1 cm³/mol. The van der Waals surface area contributed by atoms with Gasteiger partial charge in [-0.15, -0.1) is 0 Å². The highest BCUT2D eigenvalue weighted by atomic mass is 32.2. The van der Waals surface area contributed by atoms with Gasteiger partial charge in [-0.25, -0.2) is 21.9 Å². The van der Waals surface area contributed by atoms with Gasteiger partial charge in [0, 0.05) is 50.6 Å². The van der Waals surface area contributed by atoms with Gasteiger partial charge in [0.05, 0.1) is 4.90 Å². The lowest BCUT2D eigenvalue weighted by Gasteiger charge is -2.33. The van der Waals surface area contributed by atoms with Crippen LogP contribution in [0.5, 0.6) is 0 Å². The first-order chi connectivity index (χ1) is 11.9. The third kappa shape index (κ3) is 4.52. The predicted octanol–water partition coefficient (Wildman–Crippen LogP) is 2.80. The van der Waals surface area contributed by atoms with Crippen molar-refractivity contribution in [2.45, 2.75) is 30.2 Å². The summed E-state index contributed by atoms with van der Waals surface area (Å²) in [5.41, 5.74) is 1.56. The number of aromatic nitrogens is 1. The minimum Gasteiger partial charge on any atom is -0.371 e. The molecule has 0 radical (unpaired) electrons. The molecule has 0 aliphatic carbocycles. The number of alkyl halides is 2. The quantitative estimate of drug-likeness (QED) is 0.883. The number of hydrogen-bond acceptors (Lipinski definition) is 4. The summed E-state index contributed by atoms with van der Waals surface area (Å²) in [6.07, 6.45) is 2.84. The number of pyridine rings is 1. The SMILES string of the molecule is O=S(=O)(NCc1ccncc1)c1ccc(N2CCC(F)(F)CC2)cc1. The number of hydrogen-bond donors (Lipinski definition) is 1. The zero-order chi connectivity index (χ0) is 17.9. The highest BCUT2D eigenvalue weighted by molar-refractivity contribution is 7.89. The summed E-state index contributed by atoms with van der Waals surface area (Å²) in [6, 6.07) is 9.78. The van der Waals surface area contributed by atoms with Gasteiger partial charge in [-0.2, -0.15) is 0 Å². The number of anilines is 1. The molecule has 1 N–H and O–H groups in total. The van der Waals surface area contributed by atoms with Crippen molar-refractivity contribution in [1.82, 2.24) is 9.71 Å². The van der Waals surface area contributed by atoms with Crippen LogP contribution < -0.4 is 9.62 Å². The van der Waals surface area contributed by atoms with Gasteiger partial charge in [0.1, 0.15) is 0 Å². The monoisotopic (exact) mass is 367 g/mol. The molecule has 134 valence electrons. The molecule has 0 spiro atoms. The van der Waals surface area contributed by atoms with Crippen molar-refractivity contribution in [3.63, 3.8) is 0 Å². The van der Waals surface area contributed by atoms with Gasteiger partial charge in [-0.1, -0.05) is 0 Å². The standard InChI is InChI=1S/C17H19F2N3O2S/c18-17(19)7-11-22(12-8-17)15-1-3-16(4-2-15)25(23,24)21-13-14-5-9-20-10-6-14/h1-6,9-10,21H,7-8,11-13H2. The fourth-order valence-electron chi connectivity index (χ4n) is 2.69. The Morgan fingerprint density at radius 1 is 1.04 bits per heavy atom. The van der Waals surface area contributed by atoms with Crippen molar-refractivity contribution in [1.29, 1.82) is 0 Å². The van der Waals surface area contributed by atoms with Crippen LogP contribution in [0.15, 0.2) is 53.7 Å². The molecule has 1 aliphatic heterocycles. The van der Waals surface area contributed by atoms with Crippen molar-refractivity contribution < 1.29 is 17.2 Å². The highest BCUT2D eigenvalue weighted by Gasteiger charge is 2.34. The van der Waals surface area contributed by atoms with E-state index in [0.717, 1.165) is 11.3 Å². The summed E-state index contributed by atoms with van der Waals surface area (Å²) in [4.78, 5) is 5.87. The Labute approximate surface area is 145 Å². The average Bonchev–Trinajstić information content (AvgIpc) is 2.61. The molecular weight excluding hydrogens is 348 g/mol. The number of rotatable bonds is 5. The van der Waals surface area contributed by atoms with Crippen LogP contribution in [0, 0.1) is 0 Å². The first-order valence-corrected chi connectivity index (χ1v) is 9.45. The first-order valence-electron chi connectivity index (χ1n) is 7.97. The van der Waals surface area contributed by atoms with E-state index in [2.05, 4.69) is 9.71 Å². The average molecular weight is 367 g/mol. The largest absolute Gasteiger partial charge is 0.371 e. The maximum absolute atomic E-state index is 13.2. The van der Waals surface area contributed by atoms with Gasteiger partial charge < -0.3 is 4.90 Å². The van der Waals surface area contributed by atoms with Crippen molar-refractivity contribution >= 4 is 15.7 Å². The van der Waals surface area contributed by atoms with Gasteiger partial charge >= 0.3 is 0 Å². The van der Waals surface area contributed by atoms with Crippen LogP contribution in [0.4, 0.5) is 14.5 Å². The van der Waals surface area contributed by atoms with E-state index >= 15 is 0 Å². The molecule has 3 rings (SSSR count). The molecule has 25 heavy (non-hydrogen) atoms. The van der Waals surface area contributed by atoms with E-state index in [0.29, 0.717) is 0 Å². The Morgan fingerprint density at radius 3 is 2.24 bits per heavy atom. The molecule has 0 unspecified atom stereocenters. The molecule has 1 aromatic heterocycles. The number of benzene rings is 1. The number of halogens is 2. The molecule has 2 aromatic rings. The molecule has 8 heteroatoms. The lowest BCUT2D eigenvalue weighted by atomic mass is 10.1. The zero-order valence-electron chi connectivity index (χ0n) is 13.5. The lowest BCUT2D eigenvalue weighted by Crippen LogP contribution is -2.39. The Bertz CT molecular complexity index is 802. The molecule has 1 aromatic carbocycles. The van der Waals surface area contributed by atoms with Crippen LogP contribution in [0.1, 0.15) is 18.4 Å². The topological polar surface area (TPSA) is 62.3 Å². The molecule has 0 bridgehead atoms. The van der Waals surface area contributed by atoms with E-state index in [1.165, 1.54) is 12.1 Å². The minimum absolute atomic E-state index is 0.146. The van der Waals surface area contributed by atoms with Gasteiger partial charge in [-0.05, 0) is 42.0 Å². The van der Waals surface area contributed by atoms with Crippen LogP contribution in [0.25, 0.3) is 0 Å². The van der Waals surface area contributed by atoms with Crippen molar-refractivity contribution in [3.05, 3.63) is 54.4 Å². The van der Waals surface area contributed by atoms with Crippen LogP contribution in [0.2, 0.25) is 0 Å². The smallest absolute Gasteiger partial charge is 0.251 e. The third-order valence-corrected chi connectivity index (χ3v) is 5.64. The molecule has 1 saturated heterocycles. The van der Waals surface area contributed by atoms with Crippen molar-refractivity contribution in [2.24, 2.45) is 0 Å². The van der Waals surface area contributed by atoms with Gasteiger partial charge in [0.25, 0.3) is 5.92 Å². The molecule has 0 amide bonds. The zero-order valence-corrected chi connectivity index (χ0v) is 14.3. The fourth-order valence-corrected chi connectivity index (χ4v) is 3.71. The molecule has 1 aliphatic rings. The lowest BCUT2D eigenvalue weighted by molar-refractivity contribution is -0.0220. The van der Waals surface area contributed by atoms with Crippen LogP contribution in [-0.2, 0) is 16.6 Å². The number of nitrogens with one attached hydrogen (secondary N) is 1. The van der Waals surface area contributed by atoms with Crippen LogP contribution in [-0.4, -0.2) is 32.4 Å².